The Morgan fingerprint density at radius 2 is 1.76 bits per heavy atom. The van der Waals surface area contributed by atoms with E-state index in [1.807, 2.05) is 77.4 Å². The van der Waals surface area contributed by atoms with Crippen molar-refractivity contribution >= 4 is 28.9 Å². The van der Waals surface area contributed by atoms with E-state index < -0.39 is 17.9 Å². The molecule has 3 heterocycles. The highest BCUT2D eigenvalue weighted by Gasteiger charge is 2.48. The largest absolute Gasteiger partial charge is 0.465 e. The van der Waals surface area contributed by atoms with Crippen LogP contribution in [0.4, 0.5) is 5.95 Å². The van der Waals surface area contributed by atoms with Crippen LogP contribution in [0.15, 0.2) is 79.0 Å². The highest BCUT2D eigenvalue weighted by atomic mass is 16.5. The second-order valence-electron chi connectivity index (χ2n) is 7.93. The zero-order valence-corrected chi connectivity index (χ0v) is 18.3. The molecule has 166 valence electrons. The van der Waals surface area contributed by atoms with Gasteiger partial charge in [-0.1, -0.05) is 48.5 Å². The summed E-state index contributed by atoms with van der Waals surface area (Å²) >= 11 is 0. The zero-order valence-electron chi connectivity index (χ0n) is 18.3. The van der Waals surface area contributed by atoms with E-state index in [2.05, 4.69) is 4.98 Å². The van der Waals surface area contributed by atoms with Crippen LogP contribution < -0.4 is 4.90 Å². The van der Waals surface area contributed by atoms with Gasteiger partial charge < -0.3 is 4.74 Å². The van der Waals surface area contributed by atoms with Crippen LogP contribution in [0.25, 0.3) is 11.0 Å². The summed E-state index contributed by atoms with van der Waals surface area (Å²) in [4.78, 5) is 37.9. The molecule has 0 N–H and O–H groups in total. The molecule has 33 heavy (non-hydrogen) atoms. The molecule has 1 aliphatic rings. The second kappa shape index (κ2) is 8.86. The van der Waals surface area contributed by atoms with E-state index in [1.165, 1.54) is 0 Å². The molecule has 7 heteroatoms. The molecule has 4 aromatic rings. The van der Waals surface area contributed by atoms with Crippen molar-refractivity contribution in [3.63, 3.8) is 0 Å². The van der Waals surface area contributed by atoms with Crippen LogP contribution >= 0.6 is 0 Å². The average molecular weight is 441 g/mol. The number of rotatable bonds is 6. The molecule has 1 aliphatic heterocycles. The molecule has 0 fully saturated rings. The number of nitrogens with zero attached hydrogens (tertiary/aromatic N) is 4. The normalized spacial score (nSPS) is 17.7. The molecule has 0 saturated carbocycles. The Morgan fingerprint density at radius 1 is 1.00 bits per heavy atom. The van der Waals surface area contributed by atoms with Crippen LogP contribution in [0.2, 0.25) is 0 Å². The van der Waals surface area contributed by atoms with Gasteiger partial charge in [-0.2, -0.15) is 0 Å². The number of carbonyl (C=O) groups excluding carboxylic acids is 2. The topological polar surface area (TPSA) is 77.3 Å². The Kier molecular flexibility index (Phi) is 5.60. The fourth-order valence-electron chi connectivity index (χ4n) is 4.46. The molecule has 1 amide bonds. The van der Waals surface area contributed by atoms with Crippen molar-refractivity contribution in [1.82, 2.24) is 14.5 Å². The van der Waals surface area contributed by atoms with E-state index in [9.17, 15) is 9.59 Å². The fraction of sp³-hybridized carbons (Fsp3) is 0.231. The minimum Gasteiger partial charge on any atom is -0.465 e. The van der Waals surface area contributed by atoms with Gasteiger partial charge in [0, 0.05) is 12.7 Å². The lowest BCUT2D eigenvalue weighted by atomic mass is 9.92. The quantitative estimate of drug-likeness (QED) is 0.337. The van der Waals surface area contributed by atoms with Crippen molar-refractivity contribution < 1.29 is 14.3 Å². The second-order valence-corrected chi connectivity index (χ2v) is 7.93. The number of carbonyl (C=O) groups is 2. The molecule has 2 aromatic carbocycles. The minimum absolute atomic E-state index is 0.194. The van der Waals surface area contributed by atoms with Gasteiger partial charge in [-0.05, 0) is 43.2 Å². The Labute approximate surface area is 191 Å². The SMILES string of the molecule is CCOC(=O)C1C(=O)N(CCc2ccccc2)c2nc3ccccc3n2C1c1ccccn1. The van der Waals surface area contributed by atoms with Crippen LogP contribution in [0.3, 0.4) is 0 Å². The maximum Gasteiger partial charge on any atom is 0.321 e. The lowest BCUT2D eigenvalue weighted by Gasteiger charge is -2.37. The van der Waals surface area contributed by atoms with E-state index in [-0.39, 0.29) is 12.5 Å². The van der Waals surface area contributed by atoms with Crippen LogP contribution in [0.1, 0.15) is 24.2 Å². The average Bonchev–Trinajstić information content (AvgIpc) is 3.23. The Morgan fingerprint density at radius 3 is 2.52 bits per heavy atom. The molecule has 2 atom stereocenters. The predicted octanol–water partition coefficient (Wildman–Crippen LogP) is 3.79. The first kappa shape index (κ1) is 20.9. The van der Waals surface area contributed by atoms with Crippen molar-refractivity contribution in [3.8, 4) is 0 Å². The van der Waals surface area contributed by atoms with Crippen LogP contribution in [-0.2, 0) is 20.7 Å². The first-order valence-corrected chi connectivity index (χ1v) is 11.1. The summed E-state index contributed by atoms with van der Waals surface area (Å²) in [5.74, 6) is -1.40. The number of pyridine rings is 1. The summed E-state index contributed by atoms with van der Waals surface area (Å²) in [5.41, 5.74) is 3.33. The van der Waals surface area contributed by atoms with Crippen molar-refractivity contribution in [2.75, 3.05) is 18.1 Å². The van der Waals surface area contributed by atoms with E-state index in [1.54, 1.807) is 18.0 Å². The third-order valence-corrected chi connectivity index (χ3v) is 5.94. The van der Waals surface area contributed by atoms with Crippen molar-refractivity contribution in [1.29, 1.82) is 0 Å². The predicted molar refractivity (Wildman–Crippen MR) is 125 cm³/mol. The minimum atomic E-state index is -1.05. The van der Waals surface area contributed by atoms with Crippen molar-refractivity contribution in [3.05, 3.63) is 90.3 Å². The van der Waals surface area contributed by atoms with Crippen LogP contribution in [-0.4, -0.2) is 39.6 Å². The summed E-state index contributed by atoms with van der Waals surface area (Å²) in [6.07, 6.45) is 2.31. The van der Waals surface area contributed by atoms with E-state index in [4.69, 9.17) is 9.72 Å². The fourth-order valence-corrected chi connectivity index (χ4v) is 4.46. The van der Waals surface area contributed by atoms with Gasteiger partial charge in [0.05, 0.1) is 23.3 Å². The van der Waals surface area contributed by atoms with Crippen LogP contribution in [0.5, 0.6) is 0 Å². The maximum atomic E-state index is 13.8. The number of para-hydroxylation sites is 2. The number of benzene rings is 2. The highest BCUT2D eigenvalue weighted by Crippen LogP contribution is 2.40. The molecule has 0 spiro atoms. The van der Waals surface area contributed by atoms with Crippen molar-refractivity contribution in [2.45, 2.75) is 19.4 Å². The zero-order chi connectivity index (χ0) is 22.8. The monoisotopic (exact) mass is 440 g/mol. The summed E-state index contributed by atoms with van der Waals surface area (Å²) in [7, 11) is 0. The highest BCUT2D eigenvalue weighted by molar-refractivity contribution is 6.08. The van der Waals surface area contributed by atoms with Crippen LogP contribution in [0, 0.1) is 5.92 Å². The summed E-state index contributed by atoms with van der Waals surface area (Å²) < 4.78 is 7.33. The maximum absolute atomic E-state index is 13.8. The Bertz CT molecular complexity index is 1290. The van der Waals surface area contributed by atoms with E-state index >= 15 is 0 Å². The number of hydrogen-bond donors (Lipinski definition) is 0. The lowest BCUT2D eigenvalue weighted by Crippen LogP contribution is -2.50. The van der Waals surface area contributed by atoms with Gasteiger partial charge >= 0.3 is 5.97 Å². The van der Waals surface area contributed by atoms with E-state index in [0.717, 1.165) is 16.6 Å². The standard InChI is InChI=1S/C26H24N4O3/c1-2-33-25(32)22-23(20-13-8-9-16-27-20)30-21-14-7-6-12-19(21)28-26(30)29(24(22)31)17-15-18-10-4-3-5-11-18/h3-14,16,22-23H,2,15,17H2,1H3. The van der Waals surface area contributed by atoms with Gasteiger partial charge in [0.15, 0.2) is 5.92 Å². The van der Waals surface area contributed by atoms with Gasteiger partial charge in [0.2, 0.25) is 11.9 Å². The van der Waals surface area contributed by atoms with Gasteiger partial charge in [-0.3, -0.25) is 24.0 Å². The molecule has 0 bridgehead atoms. The number of fused-ring (bicyclic) bond motifs is 3. The number of aromatic nitrogens is 3. The third-order valence-electron chi connectivity index (χ3n) is 5.94. The molecule has 2 unspecified atom stereocenters. The molecular weight excluding hydrogens is 416 g/mol. The third kappa shape index (κ3) is 3.75. The van der Waals surface area contributed by atoms with E-state index in [0.29, 0.717) is 24.6 Å². The molecule has 2 aromatic heterocycles. The van der Waals surface area contributed by atoms with Gasteiger partial charge in [-0.25, -0.2) is 4.98 Å². The number of imidazole rings is 1. The molecule has 7 nitrogen and oxygen atoms in total. The number of hydrogen-bond acceptors (Lipinski definition) is 5. The summed E-state index contributed by atoms with van der Waals surface area (Å²) in [6.45, 7) is 2.34. The molecule has 5 rings (SSSR count). The Hall–Kier alpha value is -4.00. The number of anilines is 1. The number of amides is 1. The van der Waals surface area contributed by atoms with Gasteiger partial charge in [-0.15, -0.1) is 0 Å². The molecular formula is C26H24N4O3. The lowest BCUT2D eigenvalue weighted by molar-refractivity contribution is -0.153. The molecule has 0 radical (unpaired) electrons. The smallest absolute Gasteiger partial charge is 0.321 e. The van der Waals surface area contributed by atoms with Gasteiger partial charge in [0.1, 0.15) is 6.04 Å². The number of esters is 1. The Balaban J connectivity index is 1.67. The first-order chi connectivity index (χ1) is 16.2. The van der Waals surface area contributed by atoms with Crippen molar-refractivity contribution in [2.24, 2.45) is 5.92 Å². The number of ether oxygens (including phenoxy) is 1. The first-order valence-electron chi connectivity index (χ1n) is 11.1. The molecule has 0 aliphatic carbocycles. The molecule has 0 saturated heterocycles. The summed E-state index contributed by atoms with van der Waals surface area (Å²) in [6, 6.07) is 22.5. The van der Waals surface area contributed by atoms with Gasteiger partial charge in [0.25, 0.3) is 0 Å². The summed E-state index contributed by atoms with van der Waals surface area (Å²) in [5, 5.41) is 0.